The Balaban J connectivity index is 2.10. The maximum atomic E-state index is 12.2. The molecular formula is C13H15N5O3. The number of esters is 1. The van der Waals surface area contributed by atoms with Crippen LogP contribution in [0.2, 0.25) is 0 Å². The lowest BCUT2D eigenvalue weighted by Crippen LogP contribution is -2.31. The maximum absolute atomic E-state index is 12.2. The van der Waals surface area contributed by atoms with Crippen molar-refractivity contribution in [3.8, 4) is 0 Å². The van der Waals surface area contributed by atoms with Gasteiger partial charge >= 0.3 is 5.97 Å². The quantitative estimate of drug-likeness (QED) is 0.745. The van der Waals surface area contributed by atoms with Crippen molar-refractivity contribution < 1.29 is 14.3 Å². The van der Waals surface area contributed by atoms with E-state index in [1.54, 1.807) is 14.0 Å². The summed E-state index contributed by atoms with van der Waals surface area (Å²) in [5.74, 6) is -0.997. The number of rotatable bonds is 5. The van der Waals surface area contributed by atoms with Gasteiger partial charge in [0.2, 0.25) is 5.91 Å². The van der Waals surface area contributed by atoms with Crippen LogP contribution in [-0.4, -0.2) is 45.7 Å². The highest BCUT2D eigenvalue weighted by Crippen LogP contribution is 2.11. The van der Waals surface area contributed by atoms with Crippen LogP contribution in [0.25, 0.3) is 0 Å². The van der Waals surface area contributed by atoms with Gasteiger partial charge in [0.05, 0.1) is 6.61 Å². The number of hydrogen-bond donors (Lipinski definition) is 0. The molecule has 0 N–H and O–H groups in total. The number of ether oxygens (including phenoxy) is 1. The summed E-state index contributed by atoms with van der Waals surface area (Å²) in [5, 5.41) is 10.6. The summed E-state index contributed by atoms with van der Waals surface area (Å²) in [6.07, 6.45) is 0. The molecule has 8 nitrogen and oxygen atoms in total. The molecule has 0 spiro atoms. The molecule has 110 valence electrons. The van der Waals surface area contributed by atoms with Crippen molar-refractivity contribution in [1.82, 2.24) is 20.2 Å². The molecule has 0 atom stereocenters. The summed E-state index contributed by atoms with van der Waals surface area (Å²) in [5.41, 5.74) is 0.744. The van der Waals surface area contributed by atoms with Gasteiger partial charge in [-0.1, -0.05) is 18.2 Å². The zero-order chi connectivity index (χ0) is 15.2. The van der Waals surface area contributed by atoms with Crippen molar-refractivity contribution in [2.24, 2.45) is 0 Å². The minimum Gasteiger partial charge on any atom is -0.460 e. The molecule has 2 aromatic rings. The smallest absolute Gasteiger partial charge is 0.378 e. The normalized spacial score (nSPS) is 10.2. The predicted molar refractivity (Wildman–Crippen MR) is 73.6 cm³/mol. The average Bonchev–Trinajstić information content (AvgIpc) is 2.95. The van der Waals surface area contributed by atoms with E-state index in [0.29, 0.717) is 0 Å². The molecule has 0 aliphatic heterocycles. The zero-order valence-corrected chi connectivity index (χ0v) is 11.8. The van der Waals surface area contributed by atoms with Crippen LogP contribution in [0.4, 0.5) is 5.69 Å². The number of tetrazole rings is 1. The highest BCUT2D eigenvalue weighted by molar-refractivity contribution is 5.93. The molecule has 0 bridgehead atoms. The third-order valence-electron chi connectivity index (χ3n) is 2.79. The third kappa shape index (κ3) is 3.41. The predicted octanol–water partition coefficient (Wildman–Crippen LogP) is 0.513. The molecule has 1 heterocycles. The monoisotopic (exact) mass is 289 g/mol. The molecular weight excluding hydrogens is 274 g/mol. The fourth-order valence-corrected chi connectivity index (χ4v) is 1.68. The summed E-state index contributed by atoms with van der Waals surface area (Å²) in [7, 11) is 1.64. The van der Waals surface area contributed by atoms with Gasteiger partial charge in [-0.25, -0.2) is 9.48 Å². The highest BCUT2D eigenvalue weighted by atomic mass is 16.5. The Bertz CT molecular complexity index is 626. The van der Waals surface area contributed by atoms with Crippen LogP contribution in [0, 0.1) is 0 Å². The van der Waals surface area contributed by atoms with Gasteiger partial charge in [-0.05, 0) is 29.5 Å². The van der Waals surface area contributed by atoms with E-state index in [4.69, 9.17) is 4.74 Å². The molecule has 2 rings (SSSR count). The van der Waals surface area contributed by atoms with Crippen LogP contribution in [-0.2, 0) is 16.1 Å². The number of benzene rings is 1. The first kappa shape index (κ1) is 14.6. The molecule has 1 aromatic heterocycles. The van der Waals surface area contributed by atoms with Gasteiger partial charge in [-0.15, -0.1) is 5.10 Å². The minimum absolute atomic E-state index is 0.0911. The number of aromatic nitrogens is 4. The van der Waals surface area contributed by atoms with E-state index in [9.17, 15) is 9.59 Å². The van der Waals surface area contributed by atoms with Crippen LogP contribution in [0.3, 0.4) is 0 Å². The van der Waals surface area contributed by atoms with E-state index >= 15 is 0 Å². The Morgan fingerprint density at radius 1 is 1.29 bits per heavy atom. The van der Waals surface area contributed by atoms with Crippen molar-refractivity contribution in [2.75, 3.05) is 18.6 Å². The van der Waals surface area contributed by atoms with Crippen LogP contribution < -0.4 is 4.90 Å². The molecule has 0 unspecified atom stereocenters. The van der Waals surface area contributed by atoms with Crippen molar-refractivity contribution in [3.63, 3.8) is 0 Å². The van der Waals surface area contributed by atoms with Crippen molar-refractivity contribution in [1.29, 1.82) is 0 Å². The van der Waals surface area contributed by atoms with Crippen molar-refractivity contribution in [2.45, 2.75) is 13.5 Å². The largest absolute Gasteiger partial charge is 0.460 e. The van der Waals surface area contributed by atoms with E-state index in [0.717, 1.165) is 10.4 Å². The molecule has 0 saturated heterocycles. The molecule has 0 saturated carbocycles. The number of hydrogen-bond acceptors (Lipinski definition) is 6. The Labute approximate surface area is 121 Å². The number of anilines is 1. The fraction of sp³-hybridized carbons (Fsp3) is 0.308. The first-order valence-electron chi connectivity index (χ1n) is 6.38. The van der Waals surface area contributed by atoms with Gasteiger partial charge in [0.1, 0.15) is 6.54 Å². The van der Waals surface area contributed by atoms with Gasteiger partial charge in [0.25, 0.3) is 5.82 Å². The number of nitrogens with zero attached hydrogens (tertiary/aromatic N) is 5. The van der Waals surface area contributed by atoms with Crippen LogP contribution >= 0.6 is 0 Å². The van der Waals surface area contributed by atoms with E-state index in [1.165, 1.54) is 4.90 Å². The molecule has 1 amide bonds. The lowest BCUT2D eigenvalue weighted by Gasteiger charge is -2.17. The van der Waals surface area contributed by atoms with Gasteiger partial charge in [-0.2, -0.15) is 0 Å². The maximum Gasteiger partial charge on any atom is 0.378 e. The second kappa shape index (κ2) is 6.60. The van der Waals surface area contributed by atoms with Gasteiger partial charge in [-0.3, -0.25) is 4.79 Å². The van der Waals surface area contributed by atoms with Gasteiger partial charge < -0.3 is 9.64 Å². The second-order valence-corrected chi connectivity index (χ2v) is 4.17. The van der Waals surface area contributed by atoms with Gasteiger partial charge in [0, 0.05) is 12.7 Å². The molecule has 0 aliphatic rings. The molecule has 0 aliphatic carbocycles. The molecule has 0 radical (unpaired) electrons. The zero-order valence-electron chi connectivity index (χ0n) is 11.8. The van der Waals surface area contributed by atoms with Crippen LogP contribution in [0.5, 0.6) is 0 Å². The second-order valence-electron chi connectivity index (χ2n) is 4.17. The SMILES string of the molecule is CCOC(=O)c1nnnn1CC(=O)N(C)c1ccccc1. The number of likely N-dealkylation sites (N-methyl/N-ethyl adjacent to an activating group) is 1. The van der Waals surface area contributed by atoms with Crippen LogP contribution in [0.15, 0.2) is 30.3 Å². The summed E-state index contributed by atoms with van der Waals surface area (Å²) in [6, 6.07) is 9.15. The van der Waals surface area contributed by atoms with Crippen molar-refractivity contribution in [3.05, 3.63) is 36.2 Å². The molecule has 8 heteroatoms. The van der Waals surface area contributed by atoms with E-state index < -0.39 is 5.97 Å². The third-order valence-corrected chi connectivity index (χ3v) is 2.79. The standard InChI is InChI=1S/C13H15N5O3/c1-3-21-13(20)12-14-15-16-18(12)9-11(19)17(2)10-7-5-4-6-8-10/h4-8H,3,9H2,1-2H3. The molecule has 0 fully saturated rings. The minimum atomic E-state index is -0.655. The number of carbonyl (C=O) groups is 2. The first-order chi connectivity index (χ1) is 10.1. The van der Waals surface area contributed by atoms with E-state index in [2.05, 4.69) is 15.5 Å². The number of para-hydroxylation sites is 1. The average molecular weight is 289 g/mol. The summed E-state index contributed by atoms with van der Waals surface area (Å²) in [6.45, 7) is 1.75. The van der Waals surface area contributed by atoms with E-state index in [-0.39, 0.29) is 24.9 Å². The lowest BCUT2D eigenvalue weighted by atomic mass is 10.3. The Morgan fingerprint density at radius 3 is 2.67 bits per heavy atom. The Morgan fingerprint density at radius 2 is 2.00 bits per heavy atom. The van der Waals surface area contributed by atoms with E-state index in [1.807, 2.05) is 30.3 Å². The lowest BCUT2D eigenvalue weighted by molar-refractivity contribution is -0.119. The Kier molecular flexibility index (Phi) is 4.60. The first-order valence-corrected chi connectivity index (χ1v) is 6.38. The number of carbonyl (C=O) groups excluding carboxylic acids is 2. The highest BCUT2D eigenvalue weighted by Gasteiger charge is 2.20. The molecule has 1 aromatic carbocycles. The summed E-state index contributed by atoms with van der Waals surface area (Å²) in [4.78, 5) is 25.3. The Hall–Kier alpha value is -2.77. The van der Waals surface area contributed by atoms with Gasteiger partial charge in [0.15, 0.2) is 0 Å². The molecule has 21 heavy (non-hydrogen) atoms. The van der Waals surface area contributed by atoms with Crippen LogP contribution in [0.1, 0.15) is 17.5 Å². The topological polar surface area (TPSA) is 90.2 Å². The summed E-state index contributed by atoms with van der Waals surface area (Å²) >= 11 is 0. The fourth-order valence-electron chi connectivity index (χ4n) is 1.68. The van der Waals surface area contributed by atoms with Crippen molar-refractivity contribution >= 4 is 17.6 Å². The number of amides is 1. The summed E-state index contributed by atoms with van der Waals surface area (Å²) < 4.78 is 5.95.